The molecule has 0 aromatic heterocycles. The molecule has 1 unspecified atom stereocenters. The van der Waals surface area contributed by atoms with Gasteiger partial charge in [0.25, 0.3) is 0 Å². The van der Waals surface area contributed by atoms with E-state index in [4.69, 9.17) is 11.6 Å². The van der Waals surface area contributed by atoms with Crippen LogP contribution < -0.4 is 4.90 Å². The van der Waals surface area contributed by atoms with Gasteiger partial charge in [-0.1, -0.05) is 27.5 Å². The standard InChI is InChI=1S/C13H15BrClF3N2/c14-12(13(16,17)18)9-19-5-7-20(8-6-19)11-3-1-10(15)2-4-11/h1-4,12H,5-9H2. The molecular formula is C13H15BrClF3N2. The van der Waals surface area contributed by atoms with E-state index in [0.29, 0.717) is 18.1 Å². The number of halogens is 5. The highest BCUT2D eigenvalue weighted by molar-refractivity contribution is 9.09. The fraction of sp³-hybridized carbons (Fsp3) is 0.538. The van der Waals surface area contributed by atoms with Crippen LogP contribution >= 0.6 is 27.5 Å². The summed E-state index contributed by atoms with van der Waals surface area (Å²) in [4.78, 5) is 2.53. The molecule has 1 aromatic rings. The monoisotopic (exact) mass is 370 g/mol. The predicted octanol–water partition coefficient (Wildman–Crippen LogP) is 3.79. The molecule has 7 heteroatoms. The first-order valence-electron chi connectivity index (χ1n) is 6.30. The van der Waals surface area contributed by atoms with Crippen LogP contribution in [0.15, 0.2) is 24.3 Å². The highest BCUT2D eigenvalue weighted by Crippen LogP contribution is 2.27. The van der Waals surface area contributed by atoms with E-state index >= 15 is 0 Å². The van der Waals surface area contributed by atoms with Gasteiger partial charge in [0.2, 0.25) is 0 Å². The number of benzene rings is 1. The molecule has 20 heavy (non-hydrogen) atoms. The van der Waals surface area contributed by atoms with Crippen LogP contribution in [-0.2, 0) is 0 Å². The Hall–Kier alpha value is -0.460. The minimum absolute atomic E-state index is 0.00203. The molecular weight excluding hydrogens is 357 g/mol. The van der Waals surface area contributed by atoms with Gasteiger partial charge in [-0.15, -0.1) is 0 Å². The van der Waals surface area contributed by atoms with Crippen LogP contribution in [0.5, 0.6) is 0 Å². The van der Waals surface area contributed by atoms with E-state index in [2.05, 4.69) is 20.8 Å². The summed E-state index contributed by atoms with van der Waals surface area (Å²) in [6, 6.07) is 7.50. The lowest BCUT2D eigenvalue weighted by Gasteiger charge is -2.37. The lowest BCUT2D eigenvalue weighted by atomic mass is 10.2. The van der Waals surface area contributed by atoms with Crippen molar-refractivity contribution in [1.82, 2.24) is 4.90 Å². The summed E-state index contributed by atoms with van der Waals surface area (Å²) >= 11 is 8.54. The fourth-order valence-electron chi connectivity index (χ4n) is 2.17. The number of hydrogen-bond donors (Lipinski definition) is 0. The van der Waals surface area contributed by atoms with Crippen molar-refractivity contribution < 1.29 is 13.2 Å². The molecule has 1 aromatic carbocycles. The lowest BCUT2D eigenvalue weighted by molar-refractivity contribution is -0.130. The average Bonchev–Trinajstić information content (AvgIpc) is 2.39. The Morgan fingerprint density at radius 2 is 1.65 bits per heavy atom. The first-order chi connectivity index (χ1) is 9.36. The molecule has 2 nitrogen and oxygen atoms in total. The zero-order chi connectivity index (χ0) is 14.8. The maximum absolute atomic E-state index is 12.5. The van der Waals surface area contributed by atoms with Crippen molar-refractivity contribution in [2.24, 2.45) is 0 Å². The van der Waals surface area contributed by atoms with Gasteiger partial charge in [0, 0.05) is 43.4 Å². The van der Waals surface area contributed by atoms with Crippen LogP contribution in [0.1, 0.15) is 0 Å². The van der Waals surface area contributed by atoms with Gasteiger partial charge in [0.1, 0.15) is 4.83 Å². The highest BCUT2D eigenvalue weighted by atomic mass is 79.9. The SMILES string of the molecule is FC(F)(F)C(Br)CN1CCN(c2ccc(Cl)cc2)CC1. The number of rotatable bonds is 3. The largest absolute Gasteiger partial charge is 0.402 e. The maximum Gasteiger partial charge on any atom is 0.402 e. The molecule has 0 spiro atoms. The molecule has 2 rings (SSSR count). The molecule has 1 heterocycles. The second-order valence-electron chi connectivity index (χ2n) is 4.77. The number of hydrogen-bond acceptors (Lipinski definition) is 2. The maximum atomic E-state index is 12.5. The van der Waals surface area contributed by atoms with E-state index < -0.39 is 11.0 Å². The van der Waals surface area contributed by atoms with Gasteiger partial charge in [-0.2, -0.15) is 13.2 Å². The molecule has 1 aliphatic rings. The molecule has 1 aliphatic heterocycles. The minimum atomic E-state index is -4.19. The van der Waals surface area contributed by atoms with Gasteiger partial charge in [-0.25, -0.2) is 0 Å². The Morgan fingerprint density at radius 1 is 1.10 bits per heavy atom. The highest BCUT2D eigenvalue weighted by Gasteiger charge is 2.38. The molecule has 112 valence electrons. The molecule has 1 atom stereocenters. The summed E-state index contributed by atoms with van der Waals surface area (Å²) in [6.45, 7) is 2.69. The predicted molar refractivity (Wildman–Crippen MR) is 78.9 cm³/mol. The molecule has 0 aliphatic carbocycles. The van der Waals surface area contributed by atoms with Crippen LogP contribution in [0.4, 0.5) is 18.9 Å². The Morgan fingerprint density at radius 3 is 2.15 bits per heavy atom. The van der Waals surface area contributed by atoms with Crippen molar-refractivity contribution in [2.45, 2.75) is 11.0 Å². The summed E-state index contributed by atoms with van der Waals surface area (Å²) in [6.07, 6.45) is -4.19. The Kier molecular flexibility index (Phi) is 5.20. The van der Waals surface area contributed by atoms with E-state index in [1.54, 1.807) is 0 Å². The van der Waals surface area contributed by atoms with E-state index in [-0.39, 0.29) is 6.54 Å². The average molecular weight is 372 g/mol. The smallest absolute Gasteiger partial charge is 0.369 e. The summed E-state index contributed by atoms with van der Waals surface area (Å²) < 4.78 is 37.5. The van der Waals surface area contributed by atoms with Crippen LogP contribution in [0.2, 0.25) is 5.02 Å². The number of nitrogens with zero attached hydrogens (tertiary/aromatic N) is 2. The minimum Gasteiger partial charge on any atom is -0.369 e. The van der Waals surface area contributed by atoms with Crippen molar-refractivity contribution in [2.75, 3.05) is 37.6 Å². The number of alkyl halides is 4. The first kappa shape index (κ1) is 15.9. The topological polar surface area (TPSA) is 6.48 Å². The van der Waals surface area contributed by atoms with Crippen LogP contribution in [0, 0.1) is 0 Å². The number of piperazine rings is 1. The van der Waals surface area contributed by atoms with E-state index in [9.17, 15) is 13.2 Å². The summed E-state index contributed by atoms with van der Waals surface area (Å²) in [5.74, 6) is 0. The fourth-order valence-corrected chi connectivity index (χ4v) is 2.71. The van der Waals surface area contributed by atoms with Crippen LogP contribution in [0.25, 0.3) is 0 Å². The van der Waals surface area contributed by atoms with Gasteiger partial charge >= 0.3 is 6.18 Å². The van der Waals surface area contributed by atoms with Gasteiger partial charge in [0.15, 0.2) is 0 Å². The summed E-state index contributed by atoms with van der Waals surface area (Å²) in [5, 5.41) is 0.680. The molecule has 1 saturated heterocycles. The van der Waals surface area contributed by atoms with E-state index in [0.717, 1.165) is 18.8 Å². The quantitative estimate of drug-likeness (QED) is 0.746. The Bertz CT molecular complexity index is 430. The Labute approximate surface area is 129 Å². The zero-order valence-corrected chi connectivity index (χ0v) is 13.0. The third kappa shape index (κ3) is 4.27. The molecule has 0 radical (unpaired) electrons. The second kappa shape index (κ2) is 6.54. The molecule has 0 saturated carbocycles. The van der Waals surface area contributed by atoms with E-state index in [1.807, 2.05) is 29.2 Å². The van der Waals surface area contributed by atoms with Gasteiger partial charge in [0.05, 0.1) is 0 Å². The Balaban J connectivity index is 1.85. The molecule has 1 fully saturated rings. The van der Waals surface area contributed by atoms with E-state index in [1.165, 1.54) is 0 Å². The number of anilines is 1. The van der Waals surface area contributed by atoms with Crippen molar-refractivity contribution in [3.05, 3.63) is 29.3 Å². The van der Waals surface area contributed by atoms with Crippen LogP contribution in [-0.4, -0.2) is 48.6 Å². The molecule has 0 bridgehead atoms. The van der Waals surface area contributed by atoms with Gasteiger partial charge in [-0.3, -0.25) is 4.90 Å². The zero-order valence-electron chi connectivity index (χ0n) is 10.7. The third-order valence-electron chi connectivity index (χ3n) is 3.34. The lowest BCUT2D eigenvalue weighted by Crippen LogP contribution is -2.49. The van der Waals surface area contributed by atoms with Crippen molar-refractivity contribution >= 4 is 33.2 Å². The third-order valence-corrected chi connectivity index (χ3v) is 4.40. The van der Waals surface area contributed by atoms with Crippen LogP contribution in [0.3, 0.4) is 0 Å². The van der Waals surface area contributed by atoms with Gasteiger partial charge < -0.3 is 4.90 Å². The normalized spacial score (nSPS) is 19.1. The molecule has 0 N–H and O–H groups in total. The van der Waals surface area contributed by atoms with Crippen molar-refractivity contribution in [3.8, 4) is 0 Å². The molecule has 0 amide bonds. The second-order valence-corrected chi connectivity index (χ2v) is 6.31. The first-order valence-corrected chi connectivity index (χ1v) is 7.59. The van der Waals surface area contributed by atoms with Crippen molar-refractivity contribution in [1.29, 1.82) is 0 Å². The van der Waals surface area contributed by atoms with Gasteiger partial charge in [-0.05, 0) is 24.3 Å². The summed E-state index contributed by atoms with van der Waals surface area (Å²) in [5.41, 5.74) is 1.06. The summed E-state index contributed by atoms with van der Waals surface area (Å²) in [7, 11) is 0. The van der Waals surface area contributed by atoms with Crippen molar-refractivity contribution in [3.63, 3.8) is 0 Å².